The van der Waals surface area contributed by atoms with Crippen LogP contribution in [0.2, 0.25) is 18.1 Å². The van der Waals surface area contributed by atoms with Crippen LogP contribution < -0.4 is 0 Å². The van der Waals surface area contributed by atoms with E-state index in [-0.39, 0.29) is 28.6 Å². The topological polar surface area (TPSA) is 29.5 Å². The van der Waals surface area contributed by atoms with Crippen molar-refractivity contribution in [2.75, 3.05) is 19.7 Å². The summed E-state index contributed by atoms with van der Waals surface area (Å²) in [4.78, 5) is 14.4. The summed E-state index contributed by atoms with van der Waals surface area (Å²) in [6.45, 7) is 16.5. The van der Waals surface area contributed by atoms with Gasteiger partial charge in [0, 0.05) is 24.9 Å². The number of benzene rings is 1. The molecule has 0 saturated carbocycles. The molecule has 0 aliphatic carbocycles. The van der Waals surface area contributed by atoms with Crippen LogP contribution in [0.15, 0.2) is 18.2 Å². The molecule has 1 aliphatic rings. The summed E-state index contributed by atoms with van der Waals surface area (Å²) in [5.74, 6) is -0.376. The van der Waals surface area contributed by atoms with Crippen LogP contribution in [0.1, 0.15) is 44.7 Å². The van der Waals surface area contributed by atoms with Gasteiger partial charge in [-0.2, -0.15) is 0 Å². The number of carbonyl (C=O) groups excluding carboxylic acids is 1. The van der Waals surface area contributed by atoms with Gasteiger partial charge in [-0.3, -0.25) is 4.79 Å². The minimum Gasteiger partial charge on any atom is -0.415 e. The molecule has 0 N–H and O–H groups in total. The molecule has 1 fully saturated rings. The normalized spacial score (nSPS) is 21.9. The predicted octanol–water partition coefficient (Wildman–Crippen LogP) is 4.72. The molecule has 3 nitrogen and oxygen atoms in total. The molecule has 0 radical (unpaired) electrons. The molecule has 0 unspecified atom stereocenters. The van der Waals surface area contributed by atoms with Crippen molar-refractivity contribution in [1.29, 1.82) is 0 Å². The molecule has 0 bridgehead atoms. The van der Waals surface area contributed by atoms with Crippen molar-refractivity contribution in [3.05, 3.63) is 35.1 Å². The second-order valence-corrected chi connectivity index (χ2v) is 13.6. The minimum atomic E-state index is -1.81. The molecular formula is C20H32FNO2Si. The van der Waals surface area contributed by atoms with Gasteiger partial charge in [-0.05, 0) is 42.2 Å². The molecule has 1 saturated heterocycles. The lowest BCUT2D eigenvalue weighted by molar-refractivity contribution is -0.130. The van der Waals surface area contributed by atoms with Gasteiger partial charge in [0.25, 0.3) is 0 Å². The number of rotatable bonds is 5. The maximum Gasteiger partial charge on any atom is 0.226 e. The molecular weight excluding hydrogens is 333 g/mol. The lowest BCUT2D eigenvalue weighted by atomic mass is 9.89. The first-order chi connectivity index (χ1) is 11.4. The molecule has 2 atom stereocenters. The van der Waals surface area contributed by atoms with E-state index >= 15 is 0 Å². The Bertz CT molecular complexity index is 639. The lowest BCUT2D eigenvalue weighted by Gasteiger charge is -2.36. The van der Waals surface area contributed by atoms with Gasteiger partial charge in [0.15, 0.2) is 8.32 Å². The summed E-state index contributed by atoms with van der Waals surface area (Å²) in [6, 6.07) is 5.29. The molecule has 1 amide bonds. The molecule has 5 heteroatoms. The van der Waals surface area contributed by atoms with E-state index in [1.54, 1.807) is 6.07 Å². The number of amides is 1. The summed E-state index contributed by atoms with van der Waals surface area (Å²) < 4.78 is 20.5. The average molecular weight is 366 g/mol. The zero-order chi connectivity index (χ0) is 19.0. The standard InChI is InChI=1S/C20H32FNO2Si/c1-14-8-9-16(18(21)12-14)17-13-22(19(23)15(17)2)10-11-24-25(6,7)20(3,4)5/h8-9,12,15,17H,10-11,13H2,1-7H3/t15-,17+/m0/s1. The van der Waals surface area contributed by atoms with Gasteiger partial charge in [-0.15, -0.1) is 0 Å². The number of halogens is 1. The highest BCUT2D eigenvalue weighted by Gasteiger charge is 2.40. The van der Waals surface area contributed by atoms with E-state index in [9.17, 15) is 9.18 Å². The summed E-state index contributed by atoms with van der Waals surface area (Å²) in [6.07, 6.45) is 0. The number of hydrogen-bond donors (Lipinski definition) is 0. The zero-order valence-corrected chi connectivity index (χ0v) is 17.6. The Morgan fingerprint density at radius 2 is 1.96 bits per heavy atom. The second kappa shape index (κ2) is 7.20. The van der Waals surface area contributed by atoms with Gasteiger partial charge >= 0.3 is 0 Å². The molecule has 1 aromatic carbocycles. The Kier molecular flexibility index (Phi) is 5.79. The Morgan fingerprint density at radius 3 is 2.52 bits per heavy atom. The fourth-order valence-corrected chi connectivity index (χ4v) is 4.11. The largest absolute Gasteiger partial charge is 0.415 e. The van der Waals surface area contributed by atoms with E-state index in [2.05, 4.69) is 33.9 Å². The van der Waals surface area contributed by atoms with Crippen LogP contribution in [-0.2, 0) is 9.22 Å². The lowest BCUT2D eigenvalue weighted by Crippen LogP contribution is -2.43. The monoisotopic (exact) mass is 365 g/mol. The van der Waals surface area contributed by atoms with Crippen molar-refractivity contribution in [3.8, 4) is 0 Å². The van der Waals surface area contributed by atoms with Crippen molar-refractivity contribution >= 4 is 14.2 Å². The molecule has 140 valence electrons. The molecule has 0 spiro atoms. The minimum absolute atomic E-state index is 0.0824. The maximum atomic E-state index is 14.3. The quantitative estimate of drug-likeness (QED) is 0.707. The first kappa shape index (κ1) is 20.1. The van der Waals surface area contributed by atoms with Crippen LogP contribution in [0.3, 0.4) is 0 Å². The number of carbonyl (C=O) groups is 1. The molecule has 1 aliphatic heterocycles. The van der Waals surface area contributed by atoms with Gasteiger partial charge < -0.3 is 9.33 Å². The molecule has 0 aromatic heterocycles. The van der Waals surface area contributed by atoms with Crippen LogP contribution in [0.4, 0.5) is 4.39 Å². The molecule has 1 aromatic rings. The number of aryl methyl sites for hydroxylation is 1. The smallest absolute Gasteiger partial charge is 0.226 e. The molecule has 2 rings (SSSR count). The molecule has 1 heterocycles. The fourth-order valence-electron chi connectivity index (χ4n) is 3.08. The Labute approximate surface area is 152 Å². The highest BCUT2D eigenvalue weighted by molar-refractivity contribution is 6.74. The third-order valence-electron chi connectivity index (χ3n) is 5.91. The Balaban J connectivity index is 2.02. The van der Waals surface area contributed by atoms with Gasteiger partial charge in [-0.1, -0.05) is 39.8 Å². The van der Waals surface area contributed by atoms with Crippen molar-refractivity contribution in [3.63, 3.8) is 0 Å². The van der Waals surface area contributed by atoms with E-state index in [4.69, 9.17) is 4.43 Å². The maximum absolute atomic E-state index is 14.3. The van der Waals surface area contributed by atoms with Gasteiger partial charge in [0.1, 0.15) is 5.82 Å². The van der Waals surface area contributed by atoms with E-state index in [0.717, 1.165) is 5.56 Å². The van der Waals surface area contributed by atoms with E-state index in [1.807, 2.05) is 30.9 Å². The third kappa shape index (κ3) is 4.32. The number of hydrogen-bond acceptors (Lipinski definition) is 2. The van der Waals surface area contributed by atoms with Crippen LogP contribution >= 0.6 is 0 Å². The highest BCUT2D eigenvalue weighted by atomic mass is 28.4. The van der Waals surface area contributed by atoms with E-state index < -0.39 is 8.32 Å². The van der Waals surface area contributed by atoms with Gasteiger partial charge in [0.05, 0.1) is 6.61 Å². The van der Waals surface area contributed by atoms with Crippen LogP contribution in [0.25, 0.3) is 0 Å². The summed E-state index contributed by atoms with van der Waals surface area (Å²) in [7, 11) is -1.81. The van der Waals surface area contributed by atoms with Crippen LogP contribution in [0.5, 0.6) is 0 Å². The molecule has 25 heavy (non-hydrogen) atoms. The van der Waals surface area contributed by atoms with Crippen molar-refractivity contribution in [2.45, 2.75) is 58.7 Å². The van der Waals surface area contributed by atoms with Crippen molar-refractivity contribution < 1.29 is 13.6 Å². The first-order valence-electron chi connectivity index (χ1n) is 9.13. The Morgan fingerprint density at radius 1 is 1.32 bits per heavy atom. The average Bonchev–Trinajstić information content (AvgIpc) is 2.74. The second-order valence-electron chi connectivity index (χ2n) is 8.81. The van der Waals surface area contributed by atoms with Gasteiger partial charge in [0.2, 0.25) is 5.91 Å². The summed E-state index contributed by atoms with van der Waals surface area (Å²) >= 11 is 0. The van der Waals surface area contributed by atoms with Gasteiger partial charge in [-0.25, -0.2) is 4.39 Å². The highest BCUT2D eigenvalue weighted by Crippen LogP contribution is 2.37. The SMILES string of the molecule is Cc1ccc([C@@H]2CN(CCO[Si](C)(C)C(C)(C)C)C(=O)[C@H]2C)c(F)c1. The zero-order valence-electron chi connectivity index (χ0n) is 16.6. The summed E-state index contributed by atoms with van der Waals surface area (Å²) in [5, 5.41) is 0.156. The van der Waals surface area contributed by atoms with Crippen molar-refractivity contribution in [2.24, 2.45) is 5.92 Å². The fraction of sp³-hybridized carbons (Fsp3) is 0.650. The van der Waals surface area contributed by atoms with E-state index in [1.165, 1.54) is 0 Å². The van der Waals surface area contributed by atoms with E-state index in [0.29, 0.717) is 25.3 Å². The predicted molar refractivity (Wildman–Crippen MR) is 103 cm³/mol. The van der Waals surface area contributed by atoms with Crippen LogP contribution in [-0.4, -0.2) is 38.8 Å². The number of nitrogens with zero attached hydrogens (tertiary/aromatic N) is 1. The summed E-state index contributed by atoms with van der Waals surface area (Å²) in [5.41, 5.74) is 1.55. The first-order valence-corrected chi connectivity index (χ1v) is 12.0. The Hall–Kier alpha value is -1.20. The van der Waals surface area contributed by atoms with Crippen LogP contribution in [0, 0.1) is 18.7 Å². The third-order valence-corrected chi connectivity index (χ3v) is 10.4. The van der Waals surface area contributed by atoms with Crippen molar-refractivity contribution in [1.82, 2.24) is 4.90 Å². The number of likely N-dealkylation sites (tertiary alicyclic amines) is 1.